The number of thiophene rings is 1. The zero-order valence-corrected chi connectivity index (χ0v) is 13.0. The van der Waals surface area contributed by atoms with Crippen molar-refractivity contribution in [2.45, 2.75) is 26.3 Å². The monoisotopic (exact) mass is 292 g/mol. The Balaban J connectivity index is 2.05. The van der Waals surface area contributed by atoms with Gasteiger partial charge >= 0.3 is 0 Å². The van der Waals surface area contributed by atoms with Crippen molar-refractivity contribution in [3.63, 3.8) is 0 Å². The Morgan fingerprint density at radius 3 is 3.05 bits per heavy atom. The van der Waals surface area contributed by atoms with Gasteiger partial charge in [0.1, 0.15) is 10.6 Å². The molecule has 6 heteroatoms. The number of nitrogens with one attached hydrogen (secondary N) is 1. The number of hydrogen-bond donors (Lipinski definition) is 1. The lowest BCUT2D eigenvalue weighted by Crippen LogP contribution is -2.32. The van der Waals surface area contributed by atoms with Gasteiger partial charge in [0, 0.05) is 25.1 Å². The highest BCUT2D eigenvalue weighted by molar-refractivity contribution is 7.18. The van der Waals surface area contributed by atoms with Crippen molar-refractivity contribution in [1.82, 2.24) is 9.97 Å². The second kappa shape index (κ2) is 5.54. The largest absolute Gasteiger partial charge is 0.379 e. The first-order valence-electron chi connectivity index (χ1n) is 7.01. The van der Waals surface area contributed by atoms with E-state index in [2.05, 4.69) is 42.2 Å². The lowest BCUT2D eigenvalue weighted by Gasteiger charge is -2.25. The number of anilines is 2. The van der Waals surface area contributed by atoms with Gasteiger partial charge in [-0.1, -0.05) is 0 Å². The van der Waals surface area contributed by atoms with Gasteiger partial charge < -0.3 is 15.0 Å². The molecule has 0 radical (unpaired) electrons. The number of ether oxygens (including phenoxy) is 1. The minimum Gasteiger partial charge on any atom is -0.379 e. The molecule has 0 aliphatic carbocycles. The van der Waals surface area contributed by atoms with E-state index in [9.17, 15) is 0 Å². The standard InChI is InChI=1S/C14H20N4OS/c1-4-15-14-16-12(18(3)10-5-6-19-8-10)11-7-9(2)20-13(11)17-14/h7,10H,4-6,8H2,1-3H3,(H,15,16,17). The van der Waals surface area contributed by atoms with Crippen LogP contribution in [0.5, 0.6) is 0 Å². The zero-order valence-electron chi connectivity index (χ0n) is 12.1. The summed E-state index contributed by atoms with van der Waals surface area (Å²) in [7, 11) is 2.10. The molecule has 0 spiro atoms. The van der Waals surface area contributed by atoms with Crippen LogP contribution in [-0.4, -0.2) is 42.8 Å². The smallest absolute Gasteiger partial charge is 0.226 e. The predicted molar refractivity (Wildman–Crippen MR) is 83.9 cm³/mol. The third-order valence-corrected chi connectivity index (χ3v) is 4.56. The van der Waals surface area contributed by atoms with Crippen LogP contribution in [-0.2, 0) is 4.74 Å². The summed E-state index contributed by atoms with van der Waals surface area (Å²) in [5.41, 5.74) is 0. The van der Waals surface area contributed by atoms with Crippen molar-refractivity contribution in [3.8, 4) is 0 Å². The number of hydrogen-bond acceptors (Lipinski definition) is 6. The van der Waals surface area contributed by atoms with Crippen LogP contribution in [0.15, 0.2) is 6.07 Å². The van der Waals surface area contributed by atoms with Crippen molar-refractivity contribution in [2.75, 3.05) is 37.0 Å². The summed E-state index contributed by atoms with van der Waals surface area (Å²) in [4.78, 5) is 13.9. The summed E-state index contributed by atoms with van der Waals surface area (Å²) in [5.74, 6) is 1.72. The Morgan fingerprint density at radius 2 is 2.35 bits per heavy atom. The molecule has 0 bridgehead atoms. The van der Waals surface area contributed by atoms with Crippen LogP contribution in [0.1, 0.15) is 18.2 Å². The van der Waals surface area contributed by atoms with Crippen molar-refractivity contribution in [2.24, 2.45) is 0 Å². The Bertz CT molecular complexity index is 606. The zero-order chi connectivity index (χ0) is 14.1. The number of aryl methyl sites for hydroxylation is 1. The SMILES string of the molecule is CCNc1nc(N(C)C2CCOC2)c2cc(C)sc2n1. The second-order valence-corrected chi connectivity index (χ2v) is 6.34. The molecule has 1 aliphatic heterocycles. The fourth-order valence-electron chi connectivity index (χ4n) is 2.53. The third-order valence-electron chi connectivity index (χ3n) is 3.62. The molecular formula is C14H20N4OS. The molecular weight excluding hydrogens is 272 g/mol. The summed E-state index contributed by atoms with van der Waals surface area (Å²) in [6, 6.07) is 2.58. The predicted octanol–water partition coefficient (Wildman–Crippen LogP) is 2.66. The van der Waals surface area contributed by atoms with E-state index >= 15 is 0 Å². The first-order chi connectivity index (χ1) is 9.69. The Hall–Kier alpha value is -1.40. The first-order valence-corrected chi connectivity index (χ1v) is 7.83. The van der Waals surface area contributed by atoms with E-state index < -0.39 is 0 Å². The highest BCUT2D eigenvalue weighted by atomic mass is 32.1. The van der Waals surface area contributed by atoms with Gasteiger partial charge in [-0.05, 0) is 26.3 Å². The summed E-state index contributed by atoms with van der Waals surface area (Å²) in [5, 5.41) is 4.36. The molecule has 0 aromatic carbocycles. The molecule has 3 heterocycles. The van der Waals surface area contributed by atoms with Crippen LogP contribution in [0.4, 0.5) is 11.8 Å². The maximum atomic E-state index is 5.50. The maximum Gasteiger partial charge on any atom is 0.226 e. The first kappa shape index (κ1) is 13.6. The minimum absolute atomic E-state index is 0.405. The normalized spacial score (nSPS) is 18.6. The Kier molecular flexibility index (Phi) is 3.76. The maximum absolute atomic E-state index is 5.50. The number of nitrogens with zero attached hydrogens (tertiary/aromatic N) is 3. The molecule has 5 nitrogen and oxygen atoms in total. The Labute approximate surface area is 123 Å². The van der Waals surface area contributed by atoms with Crippen molar-refractivity contribution >= 4 is 33.3 Å². The van der Waals surface area contributed by atoms with Crippen LogP contribution in [0, 0.1) is 6.92 Å². The van der Waals surface area contributed by atoms with Crippen molar-refractivity contribution < 1.29 is 4.74 Å². The summed E-state index contributed by atoms with van der Waals surface area (Å²) >= 11 is 1.72. The number of rotatable bonds is 4. The molecule has 1 saturated heterocycles. The van der Waals surface area contributed by atoms with E-state index in [0.717, 1.165) is 42.2 Å². The molecule has 108 valence electrons. The van der Waals surface area contributed by atoms with E-state index in [0.29, 0.717) is 12.0 Å². The lowest BCUT2D eigenvalue weighted by molar-refractivity contribution is 0.193. The van der Waals surface area contributed by atoms with Crippen molar-refractivity contribution in [1.29, 1.82) is 0 Å². The molecule has 1 atom stereocenters. The fourth-order valence-corrected chi connectivity index (χ4v) is 3.41. The molecule has 2 aromatic rings. The van der Waals surface area contributed by atoms with Gasteiger partial charge in [-0.25, -0.2) is 4.98 Å². The van der Waals surface area contributed by atoms with Gasteiger partial charge in [0.2, 0.25) is 5.95 Å². The van der Waals surface area contributed by atoms with E-state index in [1.54, 1.807) is 11.3 Å². The summed E-state index contributed by atoms with van der Waals surface area (Å²) < 4.78 is 5.50. The topological polar surface area (TPSA) is 50.3 Å². The van der Waals surface area contributed by atoms with E-state index in [4.69, 9.17) is 9.72 Å². The average Bonchev–Trinajstić information content (AvgIpc) is 3.05. The van der Waals surface area contributed by atoms with Gasteiger partial charge in [0.25, 0.3) is 0 Å². The molecule has 0 saturated carbocycles. The van der Waals surface area contributed by atoms with Crippen LogP contribution in [0.2, 0.25) is 0 Å². The van der Waals surface area contributed by atoms with Gasteiger partial charge in [0.15, 0.2) is 0 Å². The fraction of sp³-hybridized carbons (Fsp3) is 0.571. The van der Waals surface area contributed by atoms with Crippen LogP contribution >= 0.6 is 11.3 Å². The molecule has 1 aliphatic rings. The lowest BCUT2D eigenvalue weighted by atomic mass is 10.2. The third kappa shape index (κ3) is 2.45. The summed E-state index contributed by atoms with van der Waals surface area (Å²) in [6.07, 6.45) is 1.06. The highest BCUT2D eigenvalue weighted by Gasteiger charge is 2.24. The summed E-state index contributed by atoms with van der Waals surface area (Å²) in [6.45, 7) is 6.61. The van der Waals surface area contributed by atoms with E-state index in [-0.39, 0.29) is 0 Å². The molecule has 20 heavy (non-hydrogen) atoms. The van der Waals surface area contributed by atoms with E-state index in [1.807, 2.05) is 0 Å². The van der Waals surface area contributed by atoms with Gasteiger partial charge in [-0.3, -0.25) is 0 Å². The molecule has 1 N–H and O–H groups in total. The quantitative estimate of drug-likeness (QED) is 0.939. The molecule has 1 unspecified atom stereocenters. The number of aromatic nitrogens is 2. The molecule has 0 amide bonds. The molecule has 1 fully saturated rings. The number of fused-ring (bicyclic) bond motifs is 1. The van der Waals surface area contributed by atoms with Crippen LogP contribution in [0.25, 0.3) is 10.2 Å². The molecule has 2 aromatic heterocycles. The average molecular weight is 292 g/mol. The molecule has 3 rings (SSSR count). The van der Waals surface area contributed by atoms with Crippen molar-refractivity contribution in [3.05, 3.63) is 10.9 Å². The Morgan fingerprint density at radius 1 is 1.50 bits per heavy atom. The van der Waals surface area contributed by atoms with Gasteiger partial charge in [0.05, 0.1) is 18.0 Å². The van der Waals surface area contributed by atoms with Gasteiger partial charge in [-0.15, -0.1) is 11.3 Å². The van der Waals surface area contributed by atoms with E-state index in [1.165, 1.54) is 4.88 Å². The second-order valence-electron chi connectivity index (χ2n) is 5.11. The van der Waals surface area contributed by atoms with Crippen LogP contribution in [0.3, 0.4) is 0 Å². The number of likely N-dealkylation sites (N-methyl/N-ethyl adjacent to an activating group) is 1. The minimum atomic E-state index is 0.405. The van der Waals surface area contributed by atoms with Crippen LogP contribution < -0.4 is 10.2 Å². The van der Waals surface area contributed by atoms with Gasteiger partial charge in [-0.2, -0.15) is 4.98 Å². The highest BCUT2D eigenvalue weighted by Crippen LogP contribution is 2.32.